The summed E-state index contributed by atoms with van der Waals surface area (Å²) in [5.74, 6) is 0.692. The molecule has 2 aromatic rings. The van der Waals surface area contributed by atoms with Gasteiger partial charge in [-0.1, -0.05) is 6.92 Å². The zero-order valence-electron chi connectivity index (χ0n) is 12.1. The van der Waals surface area contributed by atoms with Crippen molar-refractivity contribution in [3.05, 3.63) is 28.6 Å². The lowest BCUT2D eigenvalue weighted by Gasteiger charge is -2.04. The number of methoxy groups -OCH3 is 1. The number of fused-ring (bicyclic) bond motifs is 1. The van der Waals surface area contributed by atoms with Crippen molar-refractivity contribution in [1.82, 2.24) is 0 Å². The Morgan fingerprint density at radius 1 is 1.30 bits per heavy atom. The van der Waals surface area contributed by atoms with E-state index in [-0.39, 0.29) is 23.9 Å². The van der Waals surface area contributed by atoms with Crippen LogP contribution in [0.3, 0.4) is 0 Å². The van der Waals surface area contributed by atoms with E-state index in [4.69, 9.17) is 4.74 Å². The second-order valence-corrected chi connectivity index (χ2v) is 6.19. The Morgan fingerprint density at radius 3 is 2.60 bits per heavy atom. The van der Waals surface area contributed by atoms with Crippen LogP contribution in [0.1, 0.15) is 35.5 Å². The van der Waals surface area contributed by atoms with E-state index in [0.29, 0.717) is 4.88 Å². The number of Topliss-reactive ketones (excluding diaryl/α,β-unsaturated/α-hetero) is 2. The molecule has 106 valence electrons. The normalized spacial score (nSPS) is 12.4. The summed E-state index contributed by atoms with van der Waals surface area (Å²) in [5, 5.41) is 1.01. The summed E-state index contributed by atoms with van der Waals surface area (Å²) in [4.78, 5) is 24.2. The maximum Gasteiger partial charge on any atom is 0.173 e. The molecule has 1 aromatic heterocycles. The number of aryl methyl sites for hydroxylation is 1. The van der Waals surface area contributed by atoms with Gasteiger partial charge in [0, 0.05) is 17.0 Å². The van der Waals surface area contributed by atoms with Crippen molar-refractivity contribution in [3.63, 3.8) is 0 Å². The molecule has 0 aliphatic rings. The molecule has 1 heterocycles. The molecular weight excluding hydrogens is 272 g/mol. The third kappa shape index (κ3) is 2.90. The van der Waals surface area contributed by atoms with Gasteiger partial charge in [-0.05, 0) is 43.0 Å². The van der Waals surface area contributed by atoms with Crippen molar-refractivity contribution in [2.45, 2.75) is 27.2 Å². The second-order valence-electron chi connectivity index (χ2n) is 5.11. The number of thiophene rings is 1. The van der Waals surface area contributed by atoms with E-state index in [0.717, 1.165) is 21.4 Å². The van der Waals surface area contributed by atoms with Crippen LogP contribution in [0.25, 0.3) is 10.1 Å². The monoisotopic (exact) mass is 290 g/mol. The highest BCUT2D eigenvalue weighted by Crippen LogP contribution is 2.32. The molecule has 0 spiro atoms. The molecule has 0 aliphatic heterocycles. The Hall–Kier alpha value is -1.68. The highest BCUT2D eigenvalue weighted by molar-refractivity contribution is 7.20. The zero-order chi connectivity index (χ0) is 14.9. The van der Waals surface area contributed by atoms with E-state index in [9.17, 15) is 9.59 Å². The third-order valence-corrected chi connectivity index (χ3v) is 4.63. The maximum atomic E-state index is 12.2. The largest absolute Gasteiger partial charge is 0.496 e. The van der Waals surface area contributed by atoms with Crippen LogP contribution in [0.5, 0.6) is 5.75 Å². The Bertz CT molecular complexity index is 670. The van der Waals surface area contributed by atoms with Crippen LogP contribution in [-0.4, -0.2) is 18.7 Å². The summed E-state index contributed by atoms with van der Waals surface area (Å²) in [6.07, 6.45) is 0.276. The Morgan fingerprint density at radius 2 is 2.00 bits per heavy atom. The van der Waals surface area contributed by atoms with E-state index >= 15 is 0 Å². The van der Waals surface area contributed by atoms with Gasteiger partial charge >= 0.3 is 0 Å². The number of benzene rings is 1. The van der Waals surface area contributed by atoms with Crippen molar-refractivity contribution < 1.29 is 14.3 Å². The highest BCUT2D eigenvalue weighted by atomic mass is 32.1. The van der Waals surface area contributed by atoms with Gasteiger partial charge in [0.15, 0.2) is 5.78 Å². The van der Waals surface area contributed by atoms with E-state index in [1.165, 1.54) is 18.3 Å². The van der Waals surface area contributed by atoms with Gasteiger partial charge in [0.2, 0.25) is 0 Å². The maximum absolute atomic E-state index is 12.2. The number of rotatable bonds is 5. The first-order valence-electron chi connectivity index (χ1n) is 6.54. The molecule has 0 aliphatic carbocycles. The Labute approximate surface area is 122 Å². The summed E-state index contributed by atoms with van der Waals surface area (Å²) < 4.78 is 6.37. The van der Waals surface area contributed by atoms with Gasteiger partial charge in [0.05, 0.1) is 12.0 Å². The standard InChI is InChI=1S/C16H18O3S/c1-9(11(3)17)5-13(18)16-8-12-7-14(19-4)10(2)6-15(12)20-16/h6-9H,5H2,1-4H3/t9-/m0/s1. The summed E-state index contributed by atoms with van der Waals surface area (Å²) in [6.45, 7) is 5.30. The van der Waals surface area contributed by atoms with E-state index in [2.05, 4.69) is 0 Å². The third-order valence-electron chi connectivity index (χ3n) is 3.49. The number of carbonyl (C=O) groups is 2. The van der Waals surface area contributed by atoms with Gasteiger partial charge in [-0.2, -0.15) is 0 Å². The minimum absolute atomic E-state index is 0.0329. The van der Waals surface area contributed by atoms with Crippen molar-refractivity contribution >= 4 is 33.0 Å². The summed E-state index contributed by atoms with van der Waals surface area (Å²) in [7, 11) is 1.64. The lowest BCUT2D eigenvalue weighted by Crippen LogP contribution is -2.11. The van der Waals surface area contributed by atoms with Crippen LogP contribution in [0, 0.1) is 12.8 Å². The van der Waals surface area contributed by atoms with Crippen molar-refractivity contribution in [2.75, 3.05) is 7.11 Å². The van der Waals surface area contributed by atoms with Crippen molar-refractivity contribution in [1.29, 1.82) is 0 Å². The van der Waals surface area contributed by atoms with E-state index in [1.807, 2.05) is 25.1 Å². The average molecular weight is 290 g/mol. The fourth-order valence-corrected chi connectivity index (χ4v) is 3.14. The van der Waals surface area contributed by atoms with E-state index in [1.54, 1.807) is 14.0 Å². The van der Waals surface area contributed by atoms with Gasteiger partial charge < -0.3 is 4.74 Å². The SMILES string of the molecule is COc1cc2cc(C(=O)C[C@H](C)C(C)=O)sc2cc1C. The summed E-state index contributed by atoms with van der Waals surface area (Å²) in [6, 6.07) is 5.87. The first-order valence-corrected chi connectivity index (χ1v) is 7.36. The predicted molar refractivity (Wildman–Crippen MR) is 81.9 cm³/mol. The molecule has 0 bridgehead atoms. The lowest BCUT2D eigenvalue weighted by molar-refractivity contribution is -0.120. The van der Waals surface area contributed by atoms with Crippen LogP contribution >= 0.6 is 11.3 Å². The molecule has 3 nitrogen and oxygen atoms in total. The first-order chi connectivity index (χ1) is 9.42. The molecule has 1 aromatic carbocycles. The predicted octanol–water partition coefficient (Wildman–Crippen LogP) is 4.02. The Balaban J connectivity index is 2.32. The molecule has 0 saturated heterocycles. The van der Waals surface area contributed by atoms with Crippen molar-refractivity contribution in [3.8, 4) is 5.75 Å². The molecule has 0 unspecified atom stereocenters. The summed E-state index contributed by atoms with van der Waals surface area (Å²) in [5.41, 5.74) is 1.05. The molecule has 0 radical (unpaired) electrons. The minimum atomic E-state index is -0.219. The molecule has 0 N–H and O–H groups in total. The fraction of sp³-hybridized carbons (Fsp3) is 0.375. The average Bonchev–Trinajstić information content (AvgIpc) is 2.80. The summed E-state index contributed by atoms with van der Waals surface area (Å²) >= 11 is 1.48. The second kappa shape index (κ2) is 5.75. The van der Waals surface area contributed by atoms with Gasteiger partial charge in [-0.15, -0.1) is 11.3 Å². The molecule has 0 fully saturated rings. The van der Waals surface area contributed by atoms with E-state index < -0.39 is 0 Å². The van der Waals surface area contributed by atoms with Gasteiger partial charge in [0.1, 0.15) is 11.5 Å². The number of carbonyl (C=O) groups excluding carboxylic acids is 2. The first kappa shape index (κ1) is 14.7. The zero-order valence-corrected chi connectivity index (χ0v) is 13.0. The molecule has 20 heavy (non-hydrogen) atoms. The van der Waals surface area contributed by atoms with Crippen LogP contribution in [0.2, 0.25) is 0 Å². The Kier molecular flexibility index (Phi) is 4.23. The smallest absolute Gasteiger partial charge is 0.173 e. The number of ether oxygens (including phenoxy) is 1. The van der Waals surface area contributed by atoms with Gasteiger partial charge in [-0.3, -0.25) is 9.59 Å². The van der Waals surface area contributed by atoms with Crippen LogP contribution in [-0.2, 0) is 4.79 Å². The quantitative estimate of drug-likeness (QED) is 0.781. The number of hydrogen-bond donors (Lipinski definition) is 0. The fourth-order valence-electron chi connectivity index (χ4n) is 2.05. The van der Waals surface area contributed by atoms with Gasteiger partial charge in [-0.25, -0.2) is 0 Å². The minimum Gasteiger partial charge on any atom is -0.496 e. The topological polar surface area (TPSA) is 43.4 Å². The highest BCUT2D eigenvalue weighted by Gasteiger charge is 2.17. The molecule has 0 amide bonds. The molecule has 2 rings (SSSR count). The molecule has 0 saturated carbocycles. The van der Waals surface area contributed by atoms with Crippen LogP contribution in [0.15, 0.2) is 18.2 Å². The van der Waals surface area contributed by atoms with Gasteiger partial charge in [0.25, 0.3) is 0 Å². The van der Waals surface area contributed by atoms with Crippen LogP contribution < -0.4 is 4.74 Å². The molecule has 1 atom stereocenters. The number of ketones is 2. The molecule has 4 heteroatoms. The number of hydrogen-bond acceptors (Lipinski definition) is 4. The lowest BCUT2D eigenvalue weighted by atomic mass is 10.00. The van der Waals surface area contributed by atoms with Crippen LogP contribution in [0.4, 0.5) is 0 Å². The molecular formula is C16H18O3S. The van der Waals surface area contributed by atoms with Crippen molar-refractivity contribution in [2.24, 2.45) is 5.92 Å².